The number of carbonyl (C=O) groups excluding carboxylic acids is 1. The van der Waals surface area contributed by atoms with Gasteiger partial charge in [-0.05, 0) is 66.8 Å². The second-order valence-corrected chi connectivity index (χ2v) is 5.42. The van der Waals surface area contributed by atoms with Crippen LogP contribution in [0.25, 0.3) is 5.69 Å². The van der Waals surface area contributed by atoms with Crippen molar-refractivity contribution in [2.45, 2.75) is 32.1 Å². The van der Waals surface area contributed by atoms with E-state index in [0.717, 1.165) is 12.1 Å². The molecule has 1 aliphatic carbocycles. The fraction of sp³-hybridized carbons (Fsp3) is 0.375. The van der Waals surface area contributed by atoms with E-state index >= 15 is 0 Å². The Kier molecular flexibility index (Phi) is 4.58. The molecule has 0 radical (unpaired) electrons. The van der Waals surface area contributed by atoms with Crippen molar-refractivity contribution >= 4 is 5.91 Å². The van der Waals surface area contributed by atoms with Gasteiger partial charge >= 0.3 is 0 Å². The van der Waals surface area contributed by atoms with Crippen LogP contribution in [0.5, 0.6) is 0 Å². The average molecular weight is 297 g/mol. The first-order chi connectivity index (χ1) is 10.8. The minimum atomic E-state index is -0.0420. The molecule has 0 spiro atoms. The van der Waals surface area contributed by atoms with E-state index in [4.69, 9.17) is 0 Å². The fourth-order valence-corrected chi connectivity index (χ4v) is 2.62. The molecule has 1 heterocycles. The van der Waals surface area contributed by atoms with Crippen LogP contribution in [0.4, 0.5) is 0 Å². The summed E-state index contributed by atoms with van der Waals surface area (Å²) in [5.41, 5.74) is 2.95. The third-order valence-corrected chi connectivity index (χ3v) is 3.86. The molecule has 114 valence electrons. The van der Waals surface area contributed by atoms with Crippen molar-refractivity contribution in [3.8, 4) is 5.69 Å². The van der Waals surface area contributed by atoms with Gasteiger partial charge in [-0.3, -0.25) is 4.79 Å². The molecular formula is C16H19N5O. The number of aromatic nitrogens is 4. The number of amides is 1. The molecule has 0 saturated heterocycles. The molecule has 0 atom stereocenters. The van der Waals surface area contributed by atoms with Crippen LogP contribution in [0, 0.1) is 0 Å². The Morgan fingerprint density at radius 1 is 1.23 bits per heavy atom. The van der Waals surface area contributed by atoms with Crippen LogP contribution in [-0.2, 0) is 0 Å². The lowest BCUT2D eigenvalue weighted by Crippen LogP contribution is -2.24. The molecule has 0 aliphatic heterocycles. The standard InChI is InChI=1S/C16H19N5O/c22-16(17-11-10-13-4-2-1-3-5-13)14-6-8-15(9-7-14)21-12-18-19-20-21/h4,6-9,12H,1-3,5,10-11H2,(H,17,22). The summed E-state index contributed by atoms with van der Waals surface area (Å²) in [4.78, 5) is 12.1. The van der Waals surface area contributed by atoms with Crippen molar-refractivity contribution in [3.63, 3.8) is 0 Å². The number of rotatable bonds is 5. The Bertz CT molecular complexity index is 646. The van der Waals surface area contributed by atoms with Gasteiger partial charge in [0.05, 0.1) is 5.69 Å². The van der Waals surface area contributed by atoms with E-state index in [-0.39, 0.29) is 5.91 Å². The summed E-state index contributed by atoms with van der Waals surface area (Å²) in [6.45, 7) is 0.694. The Hall–Kier alpha value is -2.50. The SMILES string of the molecule is O=C(NCCC1=CCCCC1)c1ccc(-n2cnnn2)cc1. The fourth-order valence-electron chi connectivity index (χ4n) is 2.62. The maximum atomic E-state index is 12.1. The van der Waals surface area contributed by atoms with Gasteiger partial charge in [0.25, 0.3) is 5.91 Å². The Morgan fingerprint density at radius 3 is 2.77 bits per heavy atom. The normalized spacial score (nSPS) is 14.5. The molecule has 6 heteroatoms. The maximum Gasteiger partial charge on any atom is 0.251 e. The number of carbonyl (C=O) groups is 1. The van der Waals surface area contributed by atoms with E-state index in [0.29, 0.717) is 12.1 Å². The summed E-state index contributed by atoms with van der Waals surface area (Å²) in [6.07, 6.45) is 9.72. The van der Waals surface area contributed by atoms with Gasteiger partial charge in [-0.25, -0.2) is 4.68 Å². The summed E-state index contributed by atoms with van der Waals surface area (Å²) < 4.78 is 1.55. The van der Waals surface area contributed by atoms with Crippen LogP contribution in [0.3, 0.4) is 0 Å². The number of nitrogens with one attached hydrogen (secondary N) is 1. The van der Waals surface area contributed by atoms with Crippen molar-refractivity contribution in [2.75, 3.05) is 6.54 Å². The zero-order valence-corrected chi connectivity index (χ0v) is 12.4. The molecule has 1 N–H and O–H groups in total. The first kappa shape index (κ1) is 14.4. The van der Waals surface area contributed by atoms with Gasteiger partial charge in [-0.1, -0.05) is 11.6 Å². The van der Waals surface area contributed by atoms with E-state index in [1.54, 1.807) is 16.8 Å². The van der Waals surface area contributed by atoms with Crippen LogP contribution >= 0.6 is 0 Å². The monoisotopic (exact) mass is 297 g/mol. The van der Waals surface area contributed by atoms with E-state index in [1.165, 1.54) is 37.6 Å². The van der Waals surface area contributed by atoms with Crippen LogP contribution in [0.1, 0.15) is 42.5 Å². The van der Waals surface area contributed by atoms with E-state index in [2.05, 4.69) is 26.9 Å². The molecular weight excluding hydrogens is 278 g/mol. The first-order valence-electron chi connectivity index (χ1n) is 7.62. The lowest BCUT2D eigenvalue weighted by molar-refractivity contribution is 0.0954. The summed E-state index contributed by atoms with van der Waals surface area (Å²) >= 11 is 0. The van der Waals surface area contributed by atoms with Gasteiger partial charge in [0.15, 0.2) is 0 Å². The molecule has 0 unspecified atom stereocenters. The second-order valence-electron chi connectivity index (χ2n) is 5.42. The summed E-state index contributed by atoms with van der Waals surface area (Å²) in [5, 5.41) is 14.0. The lowest BCUT2D eigenvalue weighted by atomic mass is 9.97. The number of benzene rings is 1. The van der Waals surface area contributed by atoms with Gasteiger partial charge < -0.3 is 5.32 Å². The van der Waals surface area contributed by atoms with Crippen LogP contribution in [0.15, 0.2) is 42.2 Å². The van der Waals surface area contributed by atoms with E-state index in [1.807, 2.05) is 12.1 Å². The maximum absolute atomic E-state index is 12.1. The highest BCUT2D eigenvalue weighted by molar-refractivity contribution is 5.94. The molecule has 1 amide bonds. The Labute approximate surface area is 129 Å². The molecule has 6 nitrogen and oxygen atoms in total. The third-order valence-electron chi connectivity index (χ3n) is 3.86. The number of nitrogens with zero attached hydrogens (tertiary/aromatic N) is 4. The van der Waals surface area contributed by atoms with Crippen molar-refractivity contribution in [1.29, 1.82) is 0 Å². The smallest absolute Gasteiger partial charge is 0.251 e. The molecule has 0 fully saturated rings. The van der Waals surface area contributed by atoms with Crippen LogP contribution in [0.2, 0.25) is 0 Å². The first-order valence-corrected chi connectivity index (χ1v) is 7.62. The van der Waals surface area contributed by atoms with Crippen LogP contribution < -0.4 is 5.32 Å². The van der Waals surface area contributed by atoms with E-state index < -0.39 is 0 Å². The summed E-state index contributed by atoms with van der Waals surface area (Å²) in [7, 11) is 0. The predicted octanol–water partition coefficient (Wildman–Crippen LogP) is 2.28. The average Bonchev–Trinajstić information content (AvgIpc) is 3.10. The minimum Gasteiger partial charge on any atom is -0.352 e. The molecule has 1 aromatic heterocycles. The lowest BCUT2D eigenvalue weighted by Gasteiger charge is -2.13. The highest BCUT2D eigenvalue weighted by atomic mass is 16.1. The largest absolute Gasteiger partial charge is 0.352 e. The molecule has 0 saturated carbocycles. The predicted molar refractivity (Wildman–Crippen MR) is 82.7 cm³/mol. The topological polar surface area (TPSA) is 72.7 Å². The highest BCUT2D eigenvalue weighted by Crippen LogP contribution is 2.19. The van der Waals surface area contributed by atoms with Gasteiger partial charge in [0.2, 0.25) is 0 Å². The number of allylic oxidation sites excluding steroid dienone is 1. The van der Waals surface area contributed by atoms with Crippen molar-refractivity contribution in [1.82, 2.24) is 25.5 Å². The van der Waals surface area contributed by atoms with Crippen LogP contribution in [-0.4, -0.2) is 32.7 Å². The van der Waals surface area contributed by atoms with Crippen molar-refractivity contribution in [2.24, 2.45) is 0 Å². The molecule has 22 heavy (non-hydrogen) atoms. The summed E-state index contributed by atoms with van der Waals surface area (Å²) in [6, 6.07) is 7.22. The summed E-state index contributed by atoms with van der Waals surface area (Å²) in [5.74, 6) is -0.0420. The second kappa shape index (κ2) is 6.98. The quantitative estimate of drug-likeness (QED) is 0.859. The van der Waals surface area contributed by atoms with Gasteiger partial charge in [-0.2, -0.15) is 0 Å². The number of hydrogen-bond acceptors (Lipinski definition) is 4. The Balaban J connectivity index is 1.52. The number of hydrogen-bond donors (Lipinski definition) is 1. The minimum absolute atomic E-state index is 0.0420. The molecule has 1 aliphatic rings. The third kappa shape index (κ3) is 3.58. The molecule has 0 bridgehead atoms. The van der Waals surface area contributed by atoms with Gasteiger partial charge in [0, 0.05) is 12.1 Å². The zero-order chi connectivity index (χ0) is 15.2. The Morgan fingerprint density at radius 2 is 2.09 bits per heavy atom. The number of tetrazole rings is 1. The van der Waals surface area contributed by atoms with Gasteiger partial charge in [0.1, 0.15) is 6.33 Å². The molecule has 2 aromatic rings. The van der Waals surface area contributed by atoms with Gasteiger partial charge in [-0.15, -0.1) is 5.10 Å². The molecule has 1 aromatic carbocycles. The highest BCUT2D eigenvalue weighted by Gasteiger charge is 2.07. The van der Waals surface area contributed by atoms with Crippen molar-refractivity contribution < 1.29 is 4.79 Å². The van der Waals surface area contributed by atoms with E-state index in [9.17, 15) is 4.79 Å². The zero-order valence-electron chi connectivity index (χ0n) is 12.4. The van der Waals surface area contributed by atoms with Crippen molar-refractivity contribution in [3.05, 3.63) is 47.8 Å². The molecule has 3 rings (SSSR count).